The number of thiazole rings is 1. The molecule has 0 saturated carbocycles. The van der Waals surface area contributed by atoms with Crippen molar-refractivity contribution in [2.75, 3.05) is 20.3 Å². The SMILES string of the molecule is CCOc1cc2c(=O)[nH]c3c(C(=O)NCc4cccc(OC)c4)sc(=S)n3c2cc1OCC. The minimum atomic E-state index is -0.344. The third-order valence-electron chi connectivity index (χ3n) is 4.98. The summed E-state index contributed by atoms with van der Waals surface area (Å²) in [6.07, 6.45) is 0. The molecule has 2 aromatic carbocycles. The molecule has 0 saturated heterocycles. The van der Waals surface area contributed by atoms with Crippen molar-refractivity contribution in [1.29, 1.82) is 0 Å². The van der Waals surface area contributed by atoms with Crippen molar-refractivity contribution in [2.45, 2.75) is 20.4 Å². The Bertz CT molecular complexity index is 1450. The van der Waals surface area contributed by atoms with Crippen molar-refractivity contribution in [1.82, 2.24) is 14.7 Å². The van der Waals surface area contributed by atoms with E-state index in [0.29, 0.717) is 62.4 Å². The molecule has 4 rings (SSSR count). The number of nitrogens with one attached hydrogen (secondary N) is 2. The number of nitrogens with zero attached hydrogens (tertiary/aromatic N) is 1. The van der Waals surface area contributed by atoms with E-state index in [2.05, 4.69) is 10.3 Å². The van der Waals surface area contributed by atoms with Gasteiger partial charge in [0.15, 0.2) is 15.5 Å². The van der Waals surface area contributed by atoms with E-state index >= 15 is 0 Å². The number of amides is 1. The standard InChI is InChI=1S/C23H23N3O5S2/c1-4-30-17-10-15-16(11-18(17)31-5-2)26-20(25-21(15)27)19(33-23(26)32)22(28)24-12-13-7-6-8-14(9-13)29-3/h6-11H,4-5,12H2,1-3H3,(H,24,28)(H,25,27). The Hall–Kier alpha value is -3.37. The first-order valence-electron chi connectivity index (χ1n) is 10.4. The Balaban J connectivity index is 1.77. The van der Waals surface area contributed by atoms with E-state index in [1.807, 2.05) is 38.1 Å². The molecule has 2 N–H and O–H groups in total. The molecule has 4 aromatic rings. The minimum absolute atomic E-state index is 0.302. The lowest BCUT2D eigenvalue weighted by atomic mass is 10.2. The highest BCUT2D eigenvalue weighted by Gasteiger charge is 2.20. The van der Waals surface area contributed by atoms with E-state index in [1.165, 1.54) is 0 Å². The maximum absolute atomic E-state index is 13.0. The van der Waals surface area contributed by atoms with Gasteiger partial charge in [0.05, 0.1) is 31.2 Å². The lowest BCUT2D eigenvalue weighted by Gasteiger charge is -2.13. The molecular formula is C23H23N3O5S2. The number of ether oxygens (including phenoxy) is 3. The first-order chi connectivity index (χ1) is 16.0. The summed E-state index contributed by atoms with van der Waals surface area (Å²) in [5.41, 5.74) is 1.44. The normalized spacial score (nSPS) is 11.0. The lowest BCUT2D eigenvalue weighted by Crippen LogP contribution is -2.23. The van der Waals surface area contributed by atoms with Gasteiger partial charge in [-0.25, -0.2) is 0 Å². The minimum Gasteiger partial charge on any atom is -0.497 e. The van der Waals surface area contributed by atoms with Crippen LogP contribution in [0.2, 0.25) is 0 Å². The summed E-state index contributed by atoms with van der Waals surface area (Å²) in [6, 6.07) is 10.8. The smallest absolute Gasteiger partial charge is 0.265 e. The Morgan fingerprint density at radius 3 is 2.58 bits per heavy atom. The number of carbonyl (C=O) groups is 1. The maximum Gasteiger partial charge on any atom is 0.265 e. The van der Waals surface area contributed by atoms with Gasteiger partial charge in [-0.2, -0.15) is 0 Å². The monoisotopic (exact) mass is 485 g/mol. The Morgan fingerprint density at radius 1 is 1.15 bits per heavy atom. The van der Waals surface area contributed by atoms with Gasteiger partial charge < -0.3 is 24.5 Å². The fraction of sp³-hybridized carbons (Fsp3) is 0.261. The molecule has 172 valence electrons. The molecule has 0 bridgehead atoms. The number of rotatable bonds is 8. The summed E-state index contributed by atoms with van der Waals surface area (Å²) in [7, 11) is 1.59. The van der Waals surface area contributed by atoms with Crippen LogP contribution in [0.15, 0.2) is 41.2 Å². The highest BCUT2D eigenvalue weighted by molar-refractivity contribution is 7.73. The summed E-state index contributed by atoms with van der Waals surface area (Å²) in [5.74, 6) is 1.37. The van der Waals surface area contributed by atoms with Crippen molar-refractivity contribution in [3.05, 3.63) is 61.1 Å². The molecule has 0 radical (unpaired) electrons. The van der Waals surface area contributed by atoms with Crippen LogP contribution in [0.4, 0.5) is 0 Å². The second kappa shape index (κ2) is 9.63. The Labute approximate surface area is 198 Å². The second-order valence-corrected chi connectivity index (χ2v) is 8.70. The zero-order chi connectivity index (χ0) is 23.5. The second-order valence-electron chi connectivity index (χ2n) is 7.05. The van der Waals surface area contributed by atoms with Gasteiger partial charge in [-0.05, 0) is 49.8 Å². The molecule has 0 atom stereocenters. The number of fused-ring (bicyclic) bond motifs is 3. The van der Waals surface area contributed by atoms with Crippen LogP contribution in [0.5, 0.6) is 17.2 Å². The molecule has 0 aliphatic heterocycles. The van der Waals surface area contributed by atoms with Crippen LogP contribution in [-0.2, 0) is 6.54 Å². The lowest BCUT2D eigenvalue weighted by molar-refractivity contribution is 0.0956. The molecule has 8 nitrogen and oxygen atoms in total. The van der Waals surface area contributed by atoms with E-state index in [4.69, 9.17) is 26.4 Å². The predicted octanol–water partition coefficient (Wildman–Crippen LogP) is 4.31. The number of H-pyrrole nitrogens is 1. The third-order valence-corrected chi connectivity index (χ3v) is 6.36. The van der Waals surface area contributed by atoms with Crippen LogP contribution in [0.3, 0.4) is 0 Å². The average molecular weight is 486 g/mol. The first kappa shape index (κ1) is 22.8. The van der Waals surface area contributed by atoms with Crippen molar-refractivity contribution in [3.8, 4) is 17.2 Å². The van der Waals surface area contributed by atoms with Crippen molar-refractivity contribution >= 4 is 46.0 Å². The number of aromatic amines is 1. The number of aromatic nitrogens is 2. The summed E-state index contributed by atoms with van der Waals surface area (Å²) < 4.78 is 18.7. The van der Waals surface area contributed by atoms with Crippen LogP contribution >= 0.6 is 23.6 Å². The zero-order valence-corrected chi connectivity index (χ0v) is 20.0. The summed E-state index contributed by atoms with van der Waals surface area (Å²) >= 11 is 6.69. The molecule has 10 heteroatoms. The average Bonchev–Trinajstić information content (AvgIpc) is 3.15. The first-order valence-corrected chi connectivity index (χ1v) is 11.6. The van der Waals surface area contributed by atoms with Crippen LogP contribution < -0.4 is 25.1 Å². The molecule has 2 aromatic heterocycles. The van der Waals surface area contributed by atoms with E-state index in [0.717, 1.165) is 16.9 Å². The Kier molecular flexibility index (Phi) is 6.66. The van der Waals surface area contributed by atoms with Gasteiger partial charge >= 0.3 is 0 Å². The van der Waals surface area contributed by atoms with Gasteiger partial charge in [0.25, 0.3) is 11.5 Å². The molecular weight excluding hydrogens is 462 g/mol. The van der Waals surface area contributed by atoms with E-state index in [-0.39, 0.29) is 11.5 Å². The molecule has 0 spiro atoms. The Morgan fingerprint density at radius 2 is 1.88 bits per heavy atom. The zero-order valence-electron chi connectivity index (χ0n) is 18.4. The molecule has 33 heavy (non-hydrogen) atoms. The van der Waals surface area contributed by atoms with Crippen molar-refractivity contribution in [3.63, 3.8) is 0 Å². The molecule has 0 aliphatic carbocycles. The van der Waals surface area contributed by atoms with Gasteiger partial charge in [-0.3, -0.25) is 14.0 Å². The van der Waals surface area contributed by atoms with Crippen molar-refractivity contribution in [2.24, 2.45) is 0 Å². The fourth-order valence-electron chi connectivity index (χ4n) is 3.53. The molecule has 0 unspecified atom stereocenters. The van der Waals surface area contributed by atoms with E-state index < -0.39 is 0 Å². The van der Waals surface area contributed by atoms with E-state index in [9.17, 15) is 9.59 Å². The molecule has 0 fully saturated rings. The van der Waals surface area contributed by atoms with Gasteiger partial charge in [-0.1, -0.05) is 23.5 Å². The van der Waals surface area contributed by atoms with Crippen LogP contribution in [0.1, 0.15) is 29.1 Å². The van der Waals surface area contributed by atoms with Crippen LogP contribution in [0, 0.1) is 3.95 Å². The highest BCUT2D eigenvalue weighted by Crippen LogP contribution is 2.33. The number of hydrogen-bond acceptors (Lipinski definition) is 7. The number of benzene rings is 2. The molecule has 0 aliphatic rings. The highest BCUT2D eigenvalue weighted by atomic mass is 32.1. The topological polar surface area (TPSA) is 94.1 Å². The van der Waals surface area contributed by atoms with Crippen molar-refractivity contribution < 1.29 is 19.0 Å². The van der Waals surface area contributed by atoms with Gasteiger partial charge in [-0.15, -0.1) is 0 Å². The largest absolute Gasteiger partial charge is 0.497 e. The number of methoxy groups -OCH3 is 1. The summed E-state index contributed by atoms with van der Waals surface area (Å²) in [6.45, 7) is 4.90. The number of hydrogen-bond donors (Lipinski definition) is 2. The van der Waals surface area contributed by atoms with Gasteiger partial charge in [0.1, 0.15) is 16.3 Å². The van der Waals surface area contributed by atoms with E-state index in [1.54, 1.807) is 23.6 Å². The fourth-order valence-corrected chi connectivity index (χ4v) is 4.83. The summed E-state index contributed by atoms with van der Waals surface area (Å²) in [4.78, 5) is 29.1. The van der Waals surface area contributed by atoms with Crippen LogP contribution in [0.25, 0.3) is 16.6 Å². The van der Waals surface area contributed by atoms with Gasteiger partial charge in [0, 0.05) is 12.6 Å². The van der Waals surface area contributed by atoms with Crippen LogP contribution in [-0.4, -0.2) is 35.6 Å². The molecule has 1 amide bonds. The third kappa shape index (κ3) is 4.44. The van der Waals surface area contributed by atoms with Gasteiger partial charge in [0.2, 0.25) is 0 Å². The number of carbonyl (C=O) groups excluding carboxylic acids is 1. The predicted molar refractivity (Wildman–Crippen MR) is 131 cm³/mol. The quantitative estimate of drug-likeness (QED) is 0.361. The summed E-state index contributed by atoms with van der Waals surface area (Å²) in [5, 5.41) is 3.28. The maximum atomic E-state index is 13.0. The molecule has 2 heterocycles.